The highest BCUT2D eigenvalue weighted by atomic mass is 35.5. The van der Waals surface area contributed by atoms with Crippen molar-refractivity contribution >= 4 is 51.7 Å². The molecule has 0 N–H and O–H groups in total. The van der Waals surface area contributed by atoms with E-state index in [1.54, 1.807) is 12.3 Å². The molecule has 4 rings (SSSR count). The summed E-state index contributed by atoms with van der Waals surface area (Å²) in [5.74, 6) is 1.59. The molecule has 0 unspecified atom stereocenters. The van der Waals surface area contributed by atoms with Crippen molar-refractivity contribution in [3.8, 4) is 28.8 Å². The summed E-state index contributed by atoms with van der Waals surface area (Å²) in [4.78, 5) is 16.3. The van der Waals surface area contributed by atoms with E-state index in [1.807, 2.05) is 19.2 Å². The van der Waals surface area contributed by atoms with Gasteiger partial charge in [-0.25, -0.2) is 15.0 Å². The summed E-state index contributed by atoms with van der Waals surface area (Å²) in [6.07, 6.45) is 5.20. The van der Waals surface area contributed by atoms with E-state index in [0.29, 0.717) is 56.9 Å². The number of halogens is 2. The van der Waals surface area contributed by atoms with Gasteiger partial charge >= 0.3 is 0 Å². The van der Waals surface area contributed by atoms with Crippen molar-refractivity contribution < 1.29 is 9.47 Å². The topological polar surface area (TPSA) is 84.2 Å². The lowest BCUT2D eigenvalue weighted by molar-refractivity contribution is 0.336. The molecule has 2 aromatic heterocycles. The molecule has 1 fully saturated rings. The van der Waals surface area contributed by atoms with Crippen LogP contribution in [0.25, 0.3) is 22.2 Å². The van der Waals surface area contributed by atoms with Gasteiger partial charge < -0.3 is 14.4 Å². The number of piperidine rings is 1. The first-order valence-corrected chi connectivity index (χ1v) is 12.3. The Hall–Kier alpha value is -2.47. The number of methoxy groups -OCH3 is 2. The Morgan fingerprint density at radius 1 is 1.09 bits per heavy atom. The van der Waals surface area contributed by atoms with Gasteiger partial charge in [0.1, 0.15) is 17.0 Å². The van der Waals surface area contributed by atoms with Crippen LogP contribution >= 0.6 is 35.0 Å². The third-order valence-electron chi connectivity index (χ3n) is 5.97. The van der Waals surface area contributed by atoms with Crippen molar-refractivity contribution in [2.75, 3.05) is 38.5 Å². The molecular weight excluding hydrogens is 481 g/mol. The van der Waals surface area contributed by atoms with Crippen molar-refractivity contribution in [2.24, 2.45) is 5.41 Å². The minimum Gasteiger partial charge on any atom is -0.495 e. The number of aromatic nitrogens is 3. The molecule has 1 saturated heterocycles. The number of benzene rings is 1. The Labute approximate surface area is 207 Å². The number of pyridine rings is 1. The highest BCUT2D eigenvalue weighted by Gasteiger charge is 2.32. The third kappa shape index (κ3) is 4.37. The van der Waals surface area contributed by atoms with Crippen LogP contribution in [0.2, 0.25) is 10.0 Å². The predicted molar refractivity (Wildman–Crippen MR) is 133 cm³/mol. The molecule has 10 heteroatoms. The predicted octanol–water partition coefficient (Wildman–Crippen LogP) is 5.87. The van der Waals surface area contributed by atoms with E-state index in [9.17, 15) is 5.26 Å². The first-order valence-electron chi connectivity index (χ1n) is 10.3. The molecular formula is C23H23Cl2N5O2S. The third-order valence-corrected chi connectivity index (χ3v) is 7.29. The molecule has 0 saturated carbocycles. The maximum absolute atomic E-state index is 9.54. The molecule has 0 bridgehead atoms. The number of nitriles is 1. The Bertz CT molecular complexity index is 1230. The molecule has 1 aromatic carbocycles. The van der Waals surface area contributed by atoms with E-state index in [-0.39, 0.29) is 5.41 Å². The molecule has 0 aliphatic carbocycles. The molecule has 0 radical (unpaired) electrons. The van der Waals surface area contributed by atoms with Crippen LogP contribution in [0, 0.1) is 16.7 Å². The number of rotatable bonds is 5. The Morgan fingerprint density at radius 3 is 2.27 bits per heavy atom. The Balaban J connectivity index is 1.93. The number of fused-ring (bicyclic) bond motifs is 1. The molecule has 1 aliphatic rings. The fourth-order valence-corrected chi connectivity index (χ4v) is 4.92. The monoisotopic (exact) mass is 503 g/mol. The van der Waals surface area contributed by atoms with Gasteiger partial charge in [-0.2, -0.15) is 5.26 Å². The number of thioether (sulfide) groups is 1. The Morgan fingerprint density at radius 2 is 1.73 bits per heavy atom. The van der Waals surface area contributed by atoms with Crippen LogP contribution in [0.4, 0.5) is 5.82 Å². The summed E-state index contributed by atoms with van der Waals surface area (Å²) in [6, 6.07) is 5.97. The number of ether oxygens (including phenoxy) is 2. The lowest BCUT2D eigenvalue weighted by Crippen LogP contribution is -2.38. The van der Waals surface area contributed by atoms with Crippen molar-refractivity contribution in [3.63, 3.8) is 0 Å². The fraction of sp³-hybridized carbons (Fsp3) is 0.391. The van der Waals surface area contributed by atoms with Crippen LogP contribution in [-0.4, -0.2) is 48.5 Å². The molecule has 3 aromatic rings. The first-order chi connectivity index (χ1) is 15.8. The van der Waals surface area contributed by atoms with Gasteiger partial charge in [-0.15, -0.1) is 0 Å². The van der Waals surface area contributed by atoms with Crippen molar-refractivity contribution in [1.82, 2.24) is 15.0 Å². The van der Waals surface area contributed by atoms with Crippen molar-refractivity contribution in [3.05, 3.63) is 28.4 Å². The smallest absolute Gasteiger partial charge is 0.187 e. The van der Waals surface area contributed by atoms with Gasteiger partial charge in [0.2, 0.25) is 0 Å². The average molecular weight is 504 g/mol. The summed E-state index contributed by atoms with van der Waals surface area (Å²) < 4.78 is 10.9. The summed E-state index contributed by atoms with van der Waals surface area (Å²) in [7, 11) is 3.07. The zero-order chi connectivity index (χ0) is 23.8. The SMILES string of the molecule is COc1cc(OC)c(Cl)c(-c2cc3cnc(SC)nc3c(N3CCC(C)(C#N)CC3)n2)c1Cl. The summed E-state index contributed by atoms with van der Waals surface area (Å²) in [6.45, 7) is 3.39. The maximum atomic E-state index is 9.54. The second-order valence-electron chi connectivity index (χ2n) is 8.07. The Kier molecular flexibility index (Phi) is 6.76. The van der Waals surface area contributed by atoms with Gasteiger partial charge in [0.25, 0.3) is 0 Å². The number of anilines is 1. The number of hydrogen-bond donors (Lipinski definition) is 0. The average Bonchev–Trinajstić information content (AvgIpc) is 2.84. The second kappa shape index (κ2) is 9.41. The number of nitrogens with zero attached hydrogens (tertiary/aromatic N) is 5. The zero-order valence-electron chi connectivity index (χ0n) is 18.8. The van der Waals surface area contributed by atoms with E-state index in [0.717, 1.165) is 23.7 Å². The van der Waals surface area contributed by atoms with E-state index < -0.39 is 0 Å². The van der Waals surface area contributed by atoms with E-state index in [4.69, 9.17) is 42.6 Å². The molecule has 172 valence electrons. The van der Waals surface area contributed by atoms with Gasteiger partial charge in [0, 0.05) is 36.3 Å². The van der Waals surface area contributed by atoms with Crippen LogP contribution in [0.15, 0.2) is 23.5 Å². The second-order valence-corrected chi connectivity index (χ2v) is 9.60. The first kappa shape index (κ1) is 23.7. The van der Waals surface area contributed by atoms with Gasteiger partial charge in [-0.05, 0) is 32.1 Å². The largest absolute Gasteiger partial charge is 0.495 e. The summed E-state index contributed by atoms with van der Waals surface area (Å²) in [5, 5.41) is 11.7. The van der Waals surface area contributed by atoms with Crippen LogP contribution in [0.3, 0.4) is 0 Å². The molecule has 7 nitrogen and oxygen atoms in total. The molecule has 0 spiro atoms. The lowest BCUT2D eigenvalue weighted by Gasteiger charge is -2.36. The highest BCUT2D eigenvalue weighted by molar-refractivity contribution is 7.98. The summed E-state index contributed by atoms with van der Waals surface area (Å²) in [5.41, 5.74) is 1.50. The van der Waals surface area contributed by atoms with Gasteiger partial charge in [0.05, 0.1) is 41.4 Å². The molecule has 0 atom stereocenters. The minimum absolute atomic E-state index is 0.337. The van der Waals surface area contributed by atoms with Crippen LogP contribution in [0.5, 0.6) is 11.5 Å². The number of hydrogen-bond acceptors (Lipinski definition) is 8. The van der Waals surface area contributed by atoms with Crippen LogP contribution < -0.4 is 14.4 Å². The van der Waals surface area contributed by atoms with E-state index >= 15 is 0 Å². The molecule has 1 aliphatic heterocycles. The fourth-order valence-electron chi connectivity index (χ4n) is 3.89. The molecule has 3 heterocycles. The van der Waals surface area contributed by atoms with Gasteiger partial charge in [0.15, 0.2) is 11.0 Å². The highest BCUT2D eigenvalue weighted by Crippen LogP contribution is 2.46. The van der Waals surface area contributed by atoms with E-state index in [2.05, 4.69) is 16.0 Å². The zero-order valence-corrected chi connectivity index (χ0v) is 21.1. The molecule has 33 heavy (non-hydrogen) atoms. The van der Waals surface area contributed by atoms with Crippen LogP contribution in [-0.2, 0) is 0 Å². The van der Waals surface area contributed by atoms with E-state index in [1.165, 1.54) is 26.0 Å². The lowest BCUT2D eigenvalue weighted by atomic mass is 9.82. The van der Waals surface area contributed by atoms with Crippen LogP contribution in [0.1, 0.15) is 19.8 Å². The summed E-state index contributed by atoms with van der Waals surface area (Å²) >= 11 is 14.8. The van der Waals surface area contributed by atoms with Gasteiger partial charge in [-0.1, -0.05) is 35.0 Å². The van der Waals surface area contributed by atoms with Gasteiger partial charge in [-0.3, -0.25) is 0 Å². The normalized spacial score (nSPS) is 15.4. The maximum Gasteiger partial charge on any atom is 0.187 e. The standard InChI is InChI=1S/C23H23Cl2N5O2S/c1-23(12-26)5-7-30(8-6-23)21-20-13(11-27-22(29-20)33-4)9-14(28-21)17-18(24)15(31-2)10-16(32-3)19(17)25/h9-11H,5-8H2,1-4H3. The van der Waals surface area contributed by atoms with Crippen molar-refractivity contribution in [2.45, 2.75) is 24.9 Å². The quantitative estimate of drug-likeness (QED) is 0.315. The minimum atomic E-state index is -0.337. The van der Waals surface area contributed by atoms with Crippen molar-refractivity contribution in [1.29, 1.82) is 5.26 Å². The molecule has 0 amide bonds.